The van der Waals surface area contributed by atoms with Gasteiger partial charge in [-0.15, -0.1) is 0 Å². The normalized spacial score (nSPS) is 20.5. The van der Waals surface area contributed by atoms with Crippen LogP contribution in [0.5, 0.6) is 0 Å². The summed E-state index contributed by atoms with van der Waals surface area (Å²) in [6, 6.07) is 14.7. The molecule has 3 nitrogen and oxygen atoms in total. The van der Waals surface area contributed by atoms with Crippen LogP contribution in [0.1, 0.15) is 38.7 Å². The van der Waals surface area contributed by atoms with Gasteiger partial charge in [-0.25, -0.2) is 0 Å². The lowest BCUT2D eigenvalue weighted by Crippen LogP contribution is -2.42. The summed E-state index contributed by atoms with van der Waals surface area (Å²) in [4.78, 5) is 14.5. The quantitative estimate of drug-likeness (QED) is 0.917. The topological polar surface area (TPSA) is 40.5 Å². The SMILES string of the molecule is CCN(CC(C)(C)O)C(=O)[C@@H]1C[C@@H]1c1cccc2ccccc12. The summed E-state index contributed by atoms with van der Waals surface area (Å²) in [7, 11) is 0. The van der Waals surface area contributed by atoms with Crippen molar-refractivity contribution in [2.24, 2.45) is 5.92 Å². The van der Waals surface area contributed by atoms with Gasteiger partial charge in [0.1, 0.15) is 0 Å². The van der Waals surface area contributed by atoms with Crippen molar-refractivity contribution >= 4 is 16.7 Å². The van der Waals surface area contributed by atoms with Crippen LogP contribution in [0.15, 0.2) is 42.5 Å². The number of carbonyl (C=O) groups excluding carboxylic acids is 1. The number of aliphatic hydroxyl groups is 1. The maximum Gasteiger partial charge on any atom is 0.226 e. The second-order valence-electron chi connectivity index (χ2n) is 7.18. The number of hydrogen-bond donors (Lipinski definition) is 1. The minimum absolute atomic E-state index is 0.0584. The average molecular weight is 311 g/mol. The van der Waals surface area contributed by atoms with Gasteiger partial charge in [0.25, 0.3) is 0 Å². The van der Waals surface area contributed by atoms with Crippen molar-refractivity contribution in [3.05, 3.63) is 48.0 Å². The number of likely N-dealkylation sites (N-methyl/N-ethyl adjacent to an activating group) is 1. The third kappa shape index (κ3) is 3.40. The van der Waals surface area contributed by atoms with E-state index < -0.39 is 5.60 Å². The fourth-order valence-electron chi connectivity index (χ4n) is 3.43. The highest BCUT2D eigenvalue weighted by Crippen LogP contribution is 2.50. The molecule has 0 radical (unpaired) electrons. The van der Waals surface area contributed by atoms with Crippen LogP contribution in [0.3, 0.4) is 0 Å². The number of benzene rings is 2. The predicted molar refractivity (Wildman–Crippen MR) is 93.3 cm³/mol. The molecule has 0 aliphatic heterocycles. The first-order valence-corrected chi connectivity index (χ1v) is 8.39. The first-order chi connectivity index (χ1) is 10.9. The fraction of sp³-hybridized carbons (Fsp3) is 0.450. The Bertz CT molecular complexity index is 712. The number of rotatable bonds is 5. The summed E-state index contributed by atoms with van der Waals surface area (Å²) in [5.74, 6) is 0.542. The molecule has 3 heteroatoms. The molecular weight excluding hydrogens is 286 g/mol. The zero-order chi connectivity index (χ0) is 16.6. The highest BCUT2D eigenvalue weighted by Gasteiger charge is 2.46. The zero-order valence-corrected chi connectivity index (χ0v) is 14.1. The third-order valence-electron chi connectivity index (χ3n) is 4.60. The maximum absolute atomic E-state index is 12.7. The second-order valence-corrected chi connectivity index (χ2v) is 7.18. The minimum atomic E-state index is -0.852. The van der Waals surface area contributed by atoms with E-state index in [1.807, 2.05) is 13.0 Å². The Kier molecular flexibility index (Phi) is 4.15. The van der Waals surface area contributed by atoms with Gasteiger partial charge in [0.05, 0.1) is 5.60 Å². The summed E-state index contributed by atoms with van der Waals surface area (Å²) in [6.07, 6.45) is 0.912. The van der Waals surface area contributed by atoms with Crippen molar-refractivity contribution in [3.8, 4) is 0 Å². The summed E-state index contributed by atoms with van der Waals surface area (Å²) in [5, 5.41) is 12.5. The Hall–Kier alpha value is -1.87. The monoisotopic (exact) mass is 311 g/mol. The molecule has 1 fully saturated rings. The predicted octanol–water partition coefficient (Wildman–Crippen LogP) is 3.56. The molecule has 0 aromatic heterocycles. The van der Waals surface area contributed by atoms with Gasteiger partial charge >= 0.3 is 0 Å². The summed E-state index contributed by atoms with van der Waals surface area (Å²) in [6.45, 7) is 6.50. The molecule has 0 saturated heterocycles. The zero-order valence-electron chi connectivity index (χ0n) is 14.1. The van der Waals surface area contributed by atoms with Gasteiger partial charge in [-0.2, -0.15) is 0 Å². The average Bonchev–Trinajstić information content (AvgIpc) is 3.31. The van der Waals surface area contributed by atoms with Gasteiger partial charge < -0.3 is 10.0 Å². The third-order valence-corrected chi connectivity index (χ3v) is 4.60. The number of carbonyl (C=O) groups is 1. The van der Waals surface area contributed by atoms with Crippen LogP contribution in [0.25, 0.3) is 10.8 Å². The Morgan fingerprint density at radius 1 is 1.22 bits per heavy atom. The van der Waals surface area contributed by atoms with Crippen molar-refractivity contribution in [2.45, 2.75) is 38.7 Å². The number of amides is 1. The van der Waals surface area contributed by atoms with Gasteiger partial charge in [-0.05, 0) is 49.4 Å². The highest BCUT2D eigenvalue weighted by atomic mass is 16.3. The van der Waals surface area contributed by atoms with Crippen LogP contribution in [-0.2, 0) is 4.79 Å². The molecule has 2 aromatic carbocycles. The number of fused-ring (bicyclic) bond motifs is 1. The highest BCUT2D eigenvalue weighted by molar-refractivity contribution is 5.89. The van der Waals surface area contributed by atoms with Gasteiger partial charge in [0, 0.05) is 19.0 Å². The van der Waals surface area contributed by atoms with Crippen LogP contribution in [-0.4, -0.2) is 34.6 Å². The molecule has 2 atom stereocenters. The molecule has 0 spiro atoms. The first-order valence-electron chi connectivity index (χ1n) is 8.39. The van der Waals surface area contributed by atoms with E-state index in [4.69, 9.17) is 0 Å². The summed E-state index contributed by atoms with van der Waals surface area (Å²) in [5.41, 5.74) is 0.427. The van der Waals surface area contributed by atoms with Crippen molar-refractivity contribution in [2.75, 3.05) is 13.1 Å². The molecule has 1 amide bonds. The van der Waals surface area contributed by atoms with E-state index in [9.17, 15) is 9.90 Å². The number of nitrogens with zero attached hydrogens (tertiary/aromatic N) is 1. The van der Waals surface area contributed by atoms with Crippen molar-refractivity contribution in [1.29, 1.82) is 0 Å². The Morgan fingerprint density at radius 3 is 2.61 bits per heavy atom. The van der Waals surface area contributed by atoms with Crippen LogP contribution >= 0.6 is 0 Å². The molecule has 1 aliphatic rings. The van der Waals surface area contributed by atoms with E-state index in [-0.39, 0.29) is 11.8 Å². The van der Waals surface area contributed by atoms with Crippen LogP contribution in [0.4, 0.5) is 0 Å². The standard InChI is InChI=1S/C20H25NO2/c1-4-21(13-20(2,3)23)19(22)18-12-17(18)16-11-7-9-14-8-5-6-10-15(14)16/h5-11,17-18,23H,4,12-13H2,1-3H3/t17-,18-/m1/s1. The molecule has 3 rings (SSSR count). The lowest BCUT2D eigenvalue weighted by Gasteiger charge is -2.28. The first kappa shape index (κ1) is 16.0. The molecule has 1 N–H and O–H groups in total. The minimum Gasteiger partial charge on any atom is -0.389 e. The van der Waals surface area contributed by atoms with Crippen LogP contribution < -0.4 is 0 Å². The van der Waals surface area contributed by atoms with Crippen molar-refractivity contribution in [3.63, 3.8) is 0 Å². The van der Waals surface area contributed by atoms with Gasteiger partial charge in [0.15, 0.2) is 0 Å². The van der Waals surface area contributed by atoms with E-state index in [1.54, 1.807) is 18.7 Å². The summed E-state index contributed by atoms with van der Waals surface area (Å²) >= 11 is 0. The molecule has 0 unspecified atom stereocenters. The number of hydrogen-bond acceptors (Lipinski definition) is 2. The van der Waals surface area contributed by atoms with E-state index in [2.05, 4.69) is 36.4 Å². The molecule has 1 aliphatic carbocycles. The van der Waals surface area contributed by atoms with E-state index >= 15 is 0 Å². The van der Waals surface area contributed by atoms with E-state index in [0.29, 0.717) is 19.0 Å². The second kappa shape index (κ2) is 5.97. The molecule has 0 bridgehead atoms. The molecule has 2 aromatic rings. The molecule has 122 valence electrons. The van der Waals surface area contributed by atoms with Gasteiger partial charge in [-0.1, -0.05) is 42.5 Å². The van der Waals surface area contributed by atoms with E-state index in [1.165, 1.54) is 16.3 Å². The Balaban J connectivity index is 1.79. The van der Waals surface area contributed by atoms with Crippen LogP contribution in [0.2, 0.25) is 0 Å². The van der Waals surface area contributed by atoms with Crippen molar-refractivity contribution in [1.82, 2.24) is 4.90 Å². The lowest BCUT2D eigenvalue weighted by atomic mass is 10.00. The smallest absolute Gasteiger partial charge is 0.226 e. The molecular formula is C20H25NO2. The van der Waals surface area contributed by atoms with E-state index in [0.717, 1.165) is 6.42 Å². The molecule has 23 heavy (non-hydrogen) atoms. The Morgan fingerprint density at radius 2 is 1.91 bits per heavy atom. The van der Waals surface area contributed by atoms with Crippen molar-refractivity contribution < 1.29 is 9.90 Å². The Labute approximate surface area is 137 Å². The lowest BCUT2D eigenvalue weighted by molar-refractivity contribution is -0.135. The molecule has 1 saturated carbocycles. The fourth-order valence-corrected chi connectivity index (χ4v) is 3.43. The maximum atomic E-state index is 12.7. The summed E-state index contributed by atoms with van der Waals surface area (Å²) < 4.78 is 0. The largest absolute Gasteiger partial charge is 0.389 e. The van der Waals surface area contributed by atoms with Gasteiger partial charge in [-0.3, -0.25) is 4.79 Å². The van der Waals surface area contributed by atoms with Gasteiger partial charge in [0.2, 0.25) is 5.91 Å². The van der Waals surface area contributed by atoms with Crippen LogP contribution in [0, 0.1) is 5.92 Å². The molecule has 0 heterocycles.